The first-order chi connectivity index (χ1) is 14.7. The lowest BCUT2D eigenvalue weighted by molar-refractivity contribution is 0.409. The molecule has 3 rings (SSSR count). The third kappa shape index (κ3) is 7.71. The van der Waals surface area contributed by atoms with E-state index in [9.17, 15) is 4.39 Å². The van der Waals surface area contributed by atoms with Crippen molar-refractivity contribution in [2.75, 3.05) is 20.7 Å². The number of halogens is 2. The molecule has 31 heavy (non-hydrogen) atoms. The quantitative estimate of drug-likeness (QED) is 0.251. The number of rotatable bonds is 8. The molecule has 3 aromatic rings. The van der Waals surface area contributed by atoms with E-state index in [1.165, 1.54) is 12.1 Å². The second-order valence-electron chi connectivity index (χ2n) is 6.48. The van der Waals surface area contributed by atoms with Crippen LogP contribution in [0.4, 0.5) is 4.39 Å². The molecule has 2 N–H and O–H groups in total. The van der Waals surface area contributed by atoms with Gasteiger partial charge in [0.2, 0.25) is 5.88 Å². The largest absolute Gasteiger partial charge is 0.496 e. The third-order valence-corrected chi connectivity index (χ3v) is 4.40. The first-order valence-electron chi connectivity index (χ1n) is 9.62. The van der Waals surface area contributed by atoms with Gasteiger partial charge in [-0.2, -0.15) is 0 Å². The molecular weight excluding hydrogens is 510 g/mol. The Hall–Kier alpha value is -2.88. The number of nitrogens with zero attached hydrogens (tertiary/aromatic N) is 2. The van der Waals surface area contributed by atoms with Crippen molar-refractivity contribution in [3.63, 3.8) is 0 Å². The first-order valence-corrected chi connectivity index (χ1v) is 9.62. The number of aliphatic imine (C=N–C) groups is 1. The third-order valence-electron chi connectivity index (χ3n) is 4.40. The minimum atomic E-state index is -0.304. The van der Waals surface area contributed by atoms with Crippen LogP contribution in [0, 0.1) is 5.82 Å². The molecule has 0 saturated carbocycles. The van der Waals surface area contributed by atoms with Crippen molar-refractivity contribution >= 4 is 29.9 Å². The predicted octanol–water partition coefficient (Wildman–Crippen LogP) is 4.55. The van der Waals surface area contributed by atoms with E-state index in [2.05, 4.69) is 26.7 Å². The molecule has 2 aromatic carbocycles. The smallest absolute Gasteiger partial charge is 0.219 e. The van der Waals surface area contributed by atoms with E-state index in [0.717, 1.165) is 29.8 Å². The molecule has 1 heterocycles. The van der Waals surface area contributed by atoms with E-state index in [0.29, 0.717) is 24.1 Å². The molecular formula is C23H26FIN4O2. The van der Waals surface area contributed by atoms with E-state index in [1.807, 2.05) is 24.3 Å². The van der Waals surface area contributed by atoms with Crippen LogP contribution in [0.3, 0.4) is 0 Å². The lowest BCUT2D eigenvalue weighted by atomic mass is 10.1. The summed E-state index contributed by atoms with van der Waals surface area (Å²) in [7, 11) is 3.41. The van der Waals surface area contributed by atoms with Gasteiger partial charge in [0.1, 0.15) is 17.3 Å². The van der Waals surface area contributed by atoms with E-state index in [4.69, 9.17) is 9.47 Å². The molecule has 1 aromatic heterocycles. The van der Waals surface area contributed by atoms with Crippen LogP contribution in [0.1, 0.15) is 11.1 Å². The van der Waals surface area contributed by atoms with Gasteiger partial charge >= 0.3 is 0 Å². The van der Waals surface area contributed by atoms with Crippen LogP contribution in [-0.4, -0.2) is 31.6 Å². The zero-order valence-corrected chi connectivity index (χ0v) is 19.8. The maximum atomic E-state index is 13.0. The van der Waals surface area contributed by atoms with Gasteiger partial charge in [-0.15, -0.1) is 24.0 Å². The van der Waals surface area contributed by atoms with Gasteiger partial charge in [0.05, 0.1) is 7.11 Å². The van der Waals surface area contributed by atoms with Crippen molar-refractivity contribution in [3.05, 3.63) is 83.8 Å². The Labute approximate surface area is 198 Å². The van der Waals surface area contributed by atoms with Crippen molar-refractivity contribution in [1.82, 2.24) is 15.6 Å². The second-order valence-corrected chi connectivity index (χ2v) is 6.48. The number of benzene rings is 2. The van der Waals surface area contributed by atoms with E-state index in [1.54, 1.807) is 38.6 Å². The molecule has 0 fully saturated rings. The Bertz CT molecular complexity index is 966. The normalized spacial score (nSPS) is 10.7. The predicted molar refractivity (Wildman–Crippen MR) is 131 cm³/mol. The van der Waals surface area contributed by atoms with Crippen LogP contribution in [0.15, 0.2) is 71.9 Å². The van der Waals surface area contributed by atoms with Crippen molar-refractivity contribution in [2.24, 2.45) is 4.99 Å². The number of hydrogen-bond acceptors (Lipinski definition) is 4. The summed E-state index contributed by atoms with van der Waals surface area (Å²) < 4.78 is 23.9. The van der Waals surface area contributed by atoms with Crippen LogP contribution >= 0.6 is 24.0 Å². The van der Waals surface area contributed by atoms with Crippen molar-refractivity contribution < 1.29 is 13.9 Å². The number of aromatic nitrogens is 1. The Morgan fingerprint density at radius 3 is 2.48 bits per heavy atom. The van der Waals surface area contributed by atoms with Gasteiger partial charge in [-0.3, -0.25) is 4.99 Å². The summed E-state index contributed by atoms with van der Waals surface area (Å²) in [6.45, 7) is 1.29. The van der Waals surface area contributed by atoms with E-state index >= 15 is 0 Å². The summed E-state index contributed by atoms with van der Waals surface area (Å²) >= 11 is 0. The van der Waals surface area contributed by atoms with Crippen LogP contribution in [0.25, 0.3) is 0 Å². The zero-order chi connectivity index (χ0) is 21.2. The molecule has 0 radical (unpaired) electrons. The number of nitrogens with one attached hydrogen (secondary N) is 2. The molecule has 0 saturated heterocycles. The lowest BCUT2D eigenvalue weighted by Gasteiger charge is -2.13. The number of methoxy groups -OCH3 is 1. The van der Waals surface area contributed by atoms with Crippen LogP contribution in [-0.2, 0) is 13.0 Å². The summed E-state index contributed by atoms with van der Waals surface area (Å²) in [6.07, 6.45) is 2.55. The second kappa shape index (κ2) is 12.7. The topological polar surface area (TPSA) is 67.8 Å². The summed E-state index contributed by atoms with van der Waals surface area (Å²) in [6, 6.07) is 17.5. The SMILES string of the molecule is CN=C(NCCc1ccccc1OC)NCc1ccc(Oc2ccc(F)cc2)nc1.I. The fraction of sp³-hybridized carbons (Fsp3) is 0.217. The van der Waals surface area contributed by atoms with Crippen molar-refractivity contribution in [1.29, 1.82) is 0 Å². The zero-order valence-electron chi connectivity index (χ0n) is 17.5. The van der Waals surface area contributed by atoms with Gasteiger partial charge in [0.15, 0.2) is 5.96 Å². The summed E-state index contributed by atoms with van der Waals surface area (Å²) in [5, 5.41) is 6.56. The van der Waals surface area contributed by atoms with Gasteiger partial charge < -0.3 is 20.1 Å². The first kappa shape index (κ1) is 24.4. The summed E-state index contributed by atoms with van der Waals surface area (Å²) in [4.78, 5) is 8.54. The molecule has 164 valence electrons. The van der Waals surface area contributed by atoms with Gasteiger partial charge in [0.25, 0.3) is 0 Å². The fourth-order valence-corrected chi connectivity index (χ4v) is 2.83. The van der Waals surface area contributed by atoms with Crippen LogP contribution in [0.2, 0.25) is 0 Å². The number of ether oxygens (including phenoxy) is 2. The van der Waals surface area contributed by atoms with Gasteiger partial charge in [0, 0.05) is 32.4 Å². The van der Waals surface area contributed by atoms with E-state index < -0.39 is 0 Å². The molecule has 0 atom stereocenters. The highest BCUT2D eigenvalue weighted by Gasteiger charge is 2.04. The maximum absolute atomic E-state index is 13.0. The number of guanidine groups is 1. The summed E-state index contributed by atoms with van der Waals surface area (Å²) in [5.41, 5.74) is 2.12. The minimum Gasteiger partial charge on any atom is -0.496 e. The van der Waals surface area contributed by atoms with E-state index in [-0.39, 0.29) is 29.8 Å². The molecule has 6 nitrogen and oxygen atoms in total. The highest BCUT2D eigenvalue weighted by Crippen LogP contribution is 2.19. The molecule has 0 spiro atoms. The van der Waals surface area contributed by atoms with Gasteiger partial charge in [-0.1, -0.05) is 24.3 Å². The number of para-hydroxylation sites is 1. The van der Waals surface area contributed by atoms with Crippen LogP contribution in [0.5, 0.6) is 17.4 Å². The lowest BCUT2D eigenvalue weighted by Crippen LogP contribution is -2.37. The average molecular weight is 536 g/mol. The Balaban J connectivity index is 0.00000341. The van der Waals surface area contributed by atoms with Gasteiger partial charge in [-0.25, -0.2) is 9.37 Å². The Morgan fingerprint density at radius 2 is 1.81 bits per heavy atom. The molecule has 0 unspecified atom stereocenters. The molecule has 0 aliphatic carbocycles. The van der Waals surface area contributed by atoms with Crippen molar-refractivity contribution in [3.8, 4) is 17.4 Å². The molecule has 0 amide bonds. The Morgan fingerprint density at radius 1 is 1.03 bits per heavy atom. The number of hydrogen-bond donors (Lipinski definition) is 2. The van der Waals surface area contributed by atoms with Crippen LogP contribution < -0.4 is 20.1 Å². The van der Waals surface area contributed by atoms with Gasteiger partial charge in [-0.05, 0) is 47.9 Å². The molecule has 8 heteroatoms. The Kier molecular flexibility index (Phi) is 10.0. The molecule has 0 aliphatic rings. The standard InChI is InChI=1S/C23H25FN4O2.HI/c1-25-23(26-14-13-18-5-3-4-6-21(18)29-2)28-16-17-7-12-22(27-15-17)30-20-10-8-19(24)9-11-20;/h3-12,15H,13-14,16H2,1-2H3,(H2,25,26,28);1H. The minimum absolute atomic E-state index is 0. The monoisotopic (exact) mass is 536 g/mol. The summed E-state index contributed by atoms with van der Waals surface area (Å²) in [5.74, 6) is 2.27. The highest BCUT2D eigenvalue weighted by atomic mass is 127. The number of pyridine rings is 1. The molecule has 0 bridgehead atoms. The maximum Gasteiger partial charge on any atom is 0.219 e. The van der Waals surface area contributed by atoms with Crippen molar-refractivity contribution in [2.45, 2.75) is 13.0 Å². The molecule has 0 aliphatic heterocycles. The average Bonchev–Trinajstić information content (AvgIpc) is 2.79. The fourth-order valence-electron chi connectivity index (χ4n) is 2.83. The highest BCUT2D eigenvalue weighted by molar-refractivity contribution is 14.0.